The molecule has 1 fully saturated rings. The van der Waals surface area contributed by atoms with E-state index in [4.69, 9.17) is 4.74 Å². The summed E-state index contributed by atoms with van der Waals surface area (Å²) in [6, 6.07) is 0. The van der Waals surface area contributed by atoms with Gasteiger partial charge in [-0.1, -0.05) is 38.8 Å². The summed E-state index contributed by atoms with van der Waals surface area (Å²) in [6.07, 6.45) is 8.25. The molecule has 2 rings (SSSR count). The molecule has 1 spiro atoms. The van der Waals surface area contributed by atoms with E-state index in [0.29, 0.717) is 5.92 Å². The molecule has 0 heterocycles. The van der Waals surface area contributed by atoms with Crippen molar-refractivity contribution in [3.05, 3.63) is 11.6 Å². The first-order valence-electron chi connectivity index (χ1n) is 7.61. The molecule has 108 valence electrons. The fourth-order valence-electron chi connectivity index (χ4n) is 4.41. The molecule has 1 saturated carbocycles. The van der Waals surface area contributed by atoms with E-state index in [1.807, 2.05) is 0 Å². The van der Waals surface area contributed by atoms with Crippen LogP contribution in [-0.4, -0.2) is 12.1 Å². The SMILES string of the molecule is CC(=O)O[C@@H]1C(C)(C)CCC[C@@]12CC=C(C)C[C@@H]2C. The second-order valence-electron chi connectivity index (χ2n) is 7.42. The number of carbonyl (C=O) groups excluding carboxylic acids is 1. The lowest BCUT2D eigenvalue weighted by atomic mass is 9.53. The van der Waals surface area contributed by atoms with Crippen LogP contribution in [0.2, 0.25) is 0 Å². The van der Waals surface area contributed by atoms with Crippen LogP contribution in [-0.2, 0) is 9.53 Å². The van der Waals surface area contributed by atoms with Gasteiger partial charge in [0.05, 0.1) is 0 Å². The average molecular weight is 264 g/mol. The lowest BCUT2D eigenvalue weighted by molar-refractivity contribution is -0.180. The monoisotopic (exact) mass is 264 g/mol. The van der Waals surface area contributed by atoms with Crippen LogP contribution in [0.1, 0.15) is 66.7 Å². The molecule has 19 heavy (non-hydrogen) atoms. The highest BCUT2D eigenvalue weighted by atomic mass is 16.5. The molecule has 0 aromatic carbocycles. The number of allylic oxidation sites excluding steroid dienone is 2. The zero-order valence-electron chi connectivity index (χ0n) is 13.1. The highest BCUT2D eigenvalue weighted by molar-refractivity contribution is 5.66. The summed E-state index contributed by atoms with van der Waals surface area (Å²) >= 11 is 0. The van der Waals surface area contributed by atoms with E-state index in [0.717, 1.165) is 19.3 Å². The summed E-state index contributed by atoms with van der Waals surface area (Å²) in [6.45, 7) is 10.6. The van der Waals surface area contributed by atoms with Crippen molar-refractivity contribution < 1.29 is 9.53 Å². The van der Waals surface area contributed by atoms with Crippen LogP contribution in [0.3, 0.4) is 0 Å². The van der Waals surface area contributed by atoms with Gasteiger partial charge in [-0.3, -0.25) is 4.79 Å². The van der Waals surface area contributed by atoms with Crippen molar-refractivity contribution >= 4 is 5.97 Å². The fraction of sp³-hybridized carbons (Fsp3) is 0.824. The van der Waals surface area contributed by atoms with Crippen LogP contribution < -0.4 is 0 Å². The summed E-state index contributed by atoms with van der Waals surface area (Å²) in [5.74, 6) is 0.472. The van der Waals surface area contributed by atoms with Crippen LogP contribution >= 0.6 is 0 Å². The van der Waals surface area contributed by atoms with Crippen molar-refractivity contribution in [1.82, 2.24) is 0 Å². The van der Waals surface area contributed by atoms with Crippen molar-refractivity contribution in [2.75, 3.05) is 0 Å². The third kappa shape index (κ3) is 2.59. The Morgan fingerprint density at radius 1 is 1.37 bits per heavy atom. The molecule has 0 saturated heterocycles. The van der Waals surface area contributed by atoms with Gasteiger partial charge < -0.3 is 4.74 Å². The molecule has 0 aromatic rings. The Bertz CT molecular complexity index is 394. The minimum Gasteiger partial charge on any atom is -0.461 e. The first-order chi connectivity index (χ1) is 8.78. The molecular weight excluding hydrogens is 236 g/mol. The predicted molar refractivity (Wildman–Crippen MR) is 77.8 cm³/mol. The quantitative estimate of drug-likeness (QED) is 0.515. The summed E-state index contributed by atoms with van der Waals surface area (Å²) in [5.41, 5.74) is 1.74. The first kappa shape index (κ1) is 14.6. The van der Waals surface area contributed by atoms with Gasteiger partial charge in [0.15, 0.2) is 0 Å². The Kier molecular flexibility index (Phi) is 3.81. The van der Waals surface area contributed by atoms with Gasteiger partial charge in [-0.05, 0) is 38.5 Å². The van der Waals surface area contributed by atoms with Crippen molar-refractivity contribution in [2.24, 2.45) is 16.7 Å². The Morgan fingerprint density at radius 3 is 2.63 bits per heavy atom. The number of carbonyl (C=O) groups is 1. The van der Waals surface area contributed by atoms with Gasteiger partial charge in [-0.15, -0.1) is 0 Å². The number of hydrogen-bond donors (Lipinski definition) is 0. The number of rotatable bonds is 1. The Balaban J connectivity index is 2.37. The molecule has 0 radical (unpaired) electrons. The molecule has 2 aliphatic rings. The molecule has 0 aliphatic heterocycles. The second kappa shape index (κ2) is 4.96. The Labute approximate surface area is 117 Å². The zero-order valence-corrected chi connectivity index (χ0v) is 13.1. The molecule has 2 nitrogen and oxygen atoms in total. The Morgan fingerprint density at radius 2 is 2.05 bits per heavy atom. The van der Waals surface area contributed by atoms with Gasteiger partial charge in [0.2, 0.25) is 0 Å². The normalized spacial score (nSPS) is 37.8. The molecular formula is C17H28O2. The molecule has 0 N–H and O–H groups in total. The summed E-state index contributed by atoms with van der Waals surface area (Å²) in [7, 11) is 0. The van der Waals surface area contributed by atoms with Gasteiger partial charge in [0, 0.05) is 17.8 Å². The maximum atomic E-state index is 11.6. The van der Waals surface area contributed by atoms with Crippen molar-refractivity contribution in [3.8, 4) is 0 Å². The van der Waals surface area contributed by atoms with E-state index in [9.17, 15) is 4.79 Å². The molecule has 0 bridgehead atoms. The van der Waals surface area contributed by atoms with E-state index < -0.39 is 0 Å². The lowest BCUT2D eigenvalue weighted by Crippen LogP contribution is -2.54. The topological polar surface area (TPSA) is 26.3 Å². The number of ether oxygens (including phenoxy) is 1. The summed E-state index contributed by atoms with van der Waals surface area (Å²) in [4.78, 5) is 11.6. The second-order valence-corrected chi connectivity index (χ2v) is 7.42. The Hall–Kier alpha value is -0.790. The smallest absolute Gasteiger partial charge is 0.302 e. The van der Waals surface area contributed by atoms with Gasteiger partial charge in [0.1, 0.15) is 6.10 Å². The maximum Gasteiger partial charge on any atom is 0.302 e. The fourth-order valence-corrected chi connectivity index (χ4v) is 4.41. The van der Waals surface area contributed by atoms with E-state index >= 15 is 0 Å². The summed E-state index contributed by atoms with van der Waals surface area (Å²) < 4.78 is 5.84. The van der Waals surface area contributed by atoms with E-state index in [2.05, 4.69) is 33.8 Å². The van der Waals surface area contributed by atoms with Crippen LogP contribution in [0.15, 0.2) is 11.6 Å². The average Bonchev–Trinajstić information content (AvgIpc) is 2.28. The van der Waals surface area contributed by atoms with E-state index in [1.54, 1.807) is 6.92 Å². The van der Waals surface area contributed by atoms with Crippen LogP contribution in [0, 0.1) is 16.7 Å². The minimum absolute atomic E-state index is 0.0607. The number of esters is 1. The lowest BCUT2D eigenvalue weighted by Gasteiger charge is -2.55. The zero-order chi connectivity index (χ0) is 14.3. The van der Waals surface area contributed by atoms with Gasteiger partial charge >= 0.3 is 5.97 Å². The minimum atomic E-state index is -0.127. The molecule has 0 unspecified atom stereocenters. The highest BCUT2D eigenvalue weighted by Gasteiger charge is 2.54. The van der Waals surface area contributed by atoms with Gasteiger partial charge in [0.25, 0.3) is 0 Å². The number of hydrogen-bond acceptors (Lipinski definition) is 2. The van der Waals surface area contributed by atoms with Crippen LogP contribution in [0.5, 0.6) is 0 Å². The van der Waals surface area contributed by atoms with E-state index in [1.165, 1.54) is 18.4 Å². The highest BCUT2D eigenvalue weighted by Crippen LogP contribution is 2.56. The van der Waals surface area contributed by atoms with Gasteiger partial charge in [-0.25, -0.2) is 0 Å². The first-order valence-corrected chi connectivity index (χ1v) is 7.61. The molecule has 3 atom stereocenters. The third-order valence-corrected chi connectivity index (χ3v) is 5.42. The summed E-state index contributed by atoms with van der Waals surface area (Å²) in [5, 5.41) is 0. The molecule has 0 amide bonds. The van der Waals surface area contributed by atoms with Crippen molar-refractivity contribution in [2.45, 2.75) is 72.8 Å². The van der Waals surface area contributed by atoms with Gasteiger partial charge in [-0.2, -0.15) is 0 Å². The maximum absolute atomic E-state index is 11.6. The molecule has 0 aromatic heterocycles. The van der Waals surface area contributed by atoms with E-state index in [-0.39, 0.29) is 22.9 Å². The van der Waals surface area contributed by atoms with Crippen molar-refractivity contribution in [3.63, 3.8) is 0 Å². The molecule has 2 aliphatic carbocycles. The van der Waals surface area contributed by atoms with Crippen molar-refractivity contribution in [1.29, 1.82) is 0 Å². The third-order valence-electron chi connectivity index (χ3n) is 5.42. The van der Waals surface area contributed by atoms with Crippen LogP contribution in [0.25, 0.3) is 0 Å². The molecule has 2 heteroatoms. The standard InChI is InChI=1S/C17H28O2/c1-12-7-10-17(13(2)11-12)9-6-8-16(4,5)15(17)19-14(3)18/h7,13,15H,6,8-11H2,1-5H3/t13-,15+,17-/m0/s1. The largest absolute Gasteiger partial charge is 0.461 e. The predicted octanol–water partition coefficient (Wildman–Crippen LogP) is 4.49. The van der Waals surface area contributed by atoms with Crippen LogP contribution in [0.4, 0.5) is 0 Å².